The van der Waals surface area contributed by atoms with Crippen LogP contribution in [0.5, 0.6) is 0 Å². The lowest BCUT2D eigenvalue weighted by Crippen LogP contribution is -2.45. The second-order valence-electron chi connectivity index (χ2n) is 8.02. The molecule has 7 nitrogen and oxygen atoms in total. The zero-order valence-electron chi connectivity index (χ0n) is 18.1. The van der Waals surface area contributed by atoms with Crippen molar-refractivity contribution in [1.82, 2.24) is 20.4 Å². The minimum absolute atomic E-state index is 0.0486. The lowest BCUT2D eigenvalue weighted by molar-refractivity contribution is 0.102. The Morgan fingerprint density at radius 1 is 1.09 bits per heavy atom. The van der Waals surface area contributed by atoms with E-state index in [1.54, 1.807) is 0 Å². The summed E-state index contributed by atoms with van der Waals surface area (Å²) >= 11 is 1.31. The summed E-state index contributed by atoms with van der Waals surface area (Å²) in [6, 6.07) is 17.7. The molecule has 166 valence electrons. The monoisotopic (exact) mass is 449 g/mol. The van der Waals surface area contributed by atoms with E-state index in [4.69, 9.17) is 0 Å². The van der Waals surface area contributed by atoms with Crippen molar-refractivity contribution < 1.29 is 9.59 Å². The summed E-state index contributed by atoms with van der Waals surface area (Å²) in [6.07, 6.45) is 2.64. The second-order valence-corrected chi connectivity index (χ2v) is 9.03. The Labute approximate surface area is 191 Å². The molecule has 1 aliphatic rings. The van der Waals surface area contributed by atoms with E-state index in [1.165, 1.54) is 16.9 Å². The number of nitrogens with one attached hydrogen (secondary N) is 2. The van der Waals surface area contributed by atoms with Crippen LogP contribution in [0.1, 0.15) is 44.7 Å². The molecule has 1 saturated heterocycles. The van der Waals surface area contributed by atoms with Gasteiger partial charge in [0.25, 0.3) is 5.91 Å². The standard InChI is InChI=1S/C24H27N5O2S/c1-17-9-11-20(12-10-17)26-21(30)23-28-27-22(32-23)19-8-5-15-29(16-19)24(31)25-14-13-18-6-3-2-4-7-18/h2-4,6-7,9-12,19H,5,8,13-16H2,1H3,(H,25,31)(H,26,30). The normalized spacial score (nSPS) is 15.9. The molecule has 1 atom stereocenters. The number of carbonyl (C=O) groups is 2. The maximum Gasteiger partial charge on any atom is 0.317 e. The highest BCUT2D eigenvalue weighted by molar-refractivity contribution is 7.13. The van der Waals surface area contributed by atoms with Gasteiger partial charge in [-0.05, 0) is 43.9 Å². The molecule has 0 saturated carbocycles. The molecule has 32 heavy (non-hydrogen) atoms. The van der Waals surface area contributed by atoms with Crippen LogP contribution in [0.3, 0.4) is 0 Å². The minimum Gasteiger partial charge on any atom is -0.338 e. The number of amides is 3. The van der Waals surface area contributed by atoms with Crippen LogP contribution in [0.2, 0.25) is 0 Å². The highest BCUT2D eigenvalue weighted by atomic mass is 32.1. The van der Waals surface area contributed by atoms with Gasteiger partial charge in [-0.1, -0.05) is 59.4 Å². The van der Waals surface area contributed by atoms with Gasteiger partial charge in [0, 0.05) is 31.2 Å². The summed E-state index contributed by atoms with van der Waals surface area (Å²) in [7, 11) is 0. The fourth-order valence-electron chi connectivity index (χ4n) is 3.75. The molecule has 1 aromatic heterocycles. The first kappa shape index (κ1) is 22.0. The van der Waals surface area contributed by atoms with Crippen molar-refractivity contribution >= 4 is 29.0 Å². The van der Waals surface area contributed by atoms with E-state index in [1.807, 2.05) is 54.3 Å². The van der Waals surface area contributed by atoms with E-state index in [-0.39, 0.29) is 17.9 Å². The van der Waals surface area contributed by atoms with Crippen LogP contribution < -0.4 is 10.6 Å². The zero-order chi connectivity index (χ0) is 22.3. The first-order valence-corrected chi connectivity index (χ1v) is 11.7. The highest BCUT2D eigenvalue weighted by Gasteiger charge is 2.28. The Hall–Kier alpha value is -3.26. The van der Waals surface area contributed by atoms with Crippen LogP contribution >= 0.6 is 11.3 Å². The molecule has 2 aromatic carbocycles. The van der Waals surface area contributed by atoms with E-state index in [2.05, 4.69) is 33.0 Å². The third kappa shape index (κ3) is 5.70. The number of likely N-dealkylation sites (tertiary alicyclic amines) is 1. The van der Waals surface area contributed by atoms with Gasteiger partial charge >= 0.3 is 6.03 Å². The van der Waals surface area contributed by atoms with Crippen molar-refractivity contribution in [3.8, 4) is 0 Å². The average molecular weight is 450 g/mol. The highest BCUT2D eigenvalue weighted by Crippen LogP contribution is 2.29. The van der Waals surface area contributed by atoms with Crippen molar-refractivity contribution in [1.29, 1.82) is 0 Å². The Kier molecular flexibility index (Phi) is 7.11. The van der Waals surface area contributed by atoms with Gasteiger partial charge in [0.15, 0.2) is 0 Å². The molecule has 0 radical (unpaired) electrons. The summed E-state index contributed by atoms with van der Waals surface area (Å²) in [5, 5.41) is 15.4. The Bertz CT molecular complexity index is 1050. The molecule has 3 amide bonds. The molecule has 0 spiro atoms. The van der Waals surface area contributed by atoms with Crippen LogP contribution in [0.25, 0.3) is 0 Å². The number of urea groups is 1. The van der Waals surface area contributed by atoms with Crippen molar-refractivity contribution in [3.05, 3.63) is 75.7 Å². The van der Waals surface area contributed by atoms with Crippen molar-refractivity contribution in [2.45, 2.75) is 32.1 Å². The van der Waals surface area contributed by atoms with Crippen LogP contribution in [-0.2, 0) is 6.42 Å². The lowest BCUT2D eigenvalue weighted by atomic mass is 9.99. The molecule has 1 unspecified atom stereocenters. The number of benzene rings is 2. The molecule has 0 aliphatic carbocycles. The van der Waals surface area contributed by atoms with Crippen molar-refractivity contribution in [3.63, 3.8) is 0 Å². The summed E-state index contributed by atoms with van der Waals surface area (Å²) < 4.78 is 0. The number of aryl methyl sites for hydroxylation is 1. The predicted molar refractivity (Wildman–Crippen MR) is 126 cm³/mol. The number of hydrogen-bond acceptors (Lipinski definition) is 5. The topological polar surface area (TPSA) is 87.2 Å². The van der Waals surface area contributed by atoms with Gasteiger partial charge in [-0.15, -0.1) is 10.2 Å². The Morgan fingerprint density at radius 2 is 1.88 bits per heavy atom. The molecule has 3 aromatic rings. The van der Waals surface area contributed by atoms with Gasteiger partial charge in [0.1, 0.15) is 5.01 Å². The number of nitrogens with zero attached hydrogens (tertiary/aromatic N) is 3. The molecule has 2 N–H and O–H groups in total. The predicted octanol–water partition coefficient (Wildman–Crippen LogP) is 4.23. The molecule has 4 rings (SSSR count). The van der Waals surface area contributed by atoms with Gasteiger partial charge < -0.3 is 15.5 Å². The van der Waals surface area contributed by atoms with Crippen LogP contribution in [0.4, 0.5) is 10.5 Å². The summed E-state index contributed by atoms with van der Waals surface area (Å²) in [5.41, 5.74) is 3.06. The SMILES string of the molecule is Cc1ccc(NC(=O)c2nnc(C3CCCN(C(=O)NCCc4ccccc4)C3)s2)cc1. The number of aromatic nitrogens is 2. The van der Waals surface area contributed by atoms with E-state index in [9.17, 15) is 9.59 Å². The summed E-state index contributed by atoms with van der Waals surface area (Å²) in [6.45, 7) is 3.92. The second kappa shape index (κ2) is 10.4. The van der Waals surface area contributed by atoms with Crippen LogP contribution in [-0.4, -0.2) is 46.7 Å². The van der Waals surface area contributed by atoms with Gasteiger partial charge in [-0.25, -0.2) is 4.79 Å². The van der Waals surface area contributed by atoms with Crippen LogP contribution in [0, 0.1) is 6.92 Å². The van der Waals surface area contributed by atoms with E-state index < -0.39 is 0 Å². The number of piperidine rings is 1. The van der Waals surface area contributed by atoms with Gasteiger partial charge in [0.2, 0.25) is 5.01 Å². The first-order valence-electron chi connectivity index (χ1n) is 10.9. The van der Waals surface area contributed by atoms with Gasteiger partial charge in [-0.3, -0.25) is 4.79 Å². The number of rotatable bonds is 6. The zero-order valence-corrected chi connectivity index (χ0v) is 18.9. The average Bonchev–Trinajstić information content (AvgIpc) is 3.32. The molecular weight excluding hydrogens is 422 g/mol. The largest absolute Gasteiger partial charge is 0.338 e. The van der Waals surface area contributed by atoms with Crippen molar-refractivity contribution in [2.24, 2.45) is 0 Å². The molecule has 2 heterocycles. The quantitative estimate of drug-likeness (QED) is 0.590. The molecular formula is C24H27N5O2S. The fourth-order valence-corrected chi connectivity index (χ4v) is 4.61. The molecule has 1 aliphatic heterocycles. The number of hydrogen-bond donors (Lipinski definition) is 2. The Morgan fingerprint density at radius 3 is 2.66 bits per heavy atom. The molecule has 0 bridgehead atoms. The Balaban J connectivity index is 1.30. The van der Waals surface area contributed by atoms with E-state index in [0.29, 0.717) is 18.1 Å². The molecule has 8 heteroatoms. The smallest absolute Gasteiger partial charge is 0.317 e. The third-order valence-corrected chi connectivity index (χ3v) is 6.62. The minimum atomic E-state index is -0.260. The maximum atomic E-state index is 12.6. The first-order chi connectivity index (χ1) is 15.6. The van der Waals surface area contributed by atoms with E-state index >= 15 is 0 Å². The summed E-state index contributed by atoms with van der Waals surface area (Å²) in [4.78, 5) is 27.0. The van der Waals surface area contributed by atoms with Crippen LogP contribution in [0.15, 0.2) is 54.6 Å². The fraction of sp³-hybridized carbons (Fsp3) is 0.333. The van der Waals surface area contributed by atoms with Crippen molar-refractivity contribution in [2.75, 3.05) is 25.0 Å². The number of anilines is 1. The lowest BCUT2D eigenvalue weighted by Gasteiger charge is -2.31. The summed E-state index contributed by atoms with van der Waals surface area (Å²) in [5.74, 6) is -0.161. The maximum absolute atomic E-state index is 12.6. The number of carbonyl (C=O) groups excluding carboxylic acids is 2. The van der Waals surface area contributed by atoms with Gasteiger partial charge in [-0.2, -0.15) is 0 Å². The van der Waals surface area contributed by atoms with E-state index in [0.717, 1.165) is 42.1 Å². The third-order valence-electron chi connectivity index (χ3n) is 5.53. The van der Waals surface area contributed by atoms with Gasteiger partial charge in [0.05, 0.1) is 0 Å². The molecule has 1 fully saturated rings.